The maximum atomic E-state index is 11.9. The van der Waals surface area contributed by atoms with Crippen LogP contribution in [0.25, 0.3) is 0 Å². The second-order valence-corrected chi connectivity index (χ2v) is 5.90. The van der Waals surface area contributed by atoms with Gasteiger partial charge in [0.2, 0.25) is 0 Å². The minimum absolute atomic E-state index is 0.177. The number of methoxy groups -OCH3 is 1. The van der Waals surface area contributed by atoms with E-state index in [1.807, 2.05) is 38.1 Å². The fraction of sp³-hybridized carbons (Fsp3) is 0.556. The highest BCUT2D eigenvalue weighted by molar-refractivity contribution is 5.71. The van der Waals surface area contributed by atoms with Crippen LogP contribution < -0.4 is 0 Å². The monoisotopic (exact) mass is 319 g/mol. The number of benzene rings is 1. The van der Waals surface area contributed by atoms with E-state index in [1.54, 1.807) is 14.0 Å². The van der Waals surface area contributed by atoms with E-state index in [4.69, 9.17) is 14.2 Å². The maximum absolute atomic E-state index is 11.9. The Morgan fingerprint density at radius 2 is 2.13 bits per heavy atom. The molecule has 1 aromatic carbocycles. The van der Waals surface area contributed by atoms with Crippen LogP contribution in [-0.2, 0) is 25.6 Å². The van der Waals surface area contributed by atoms with Crippen LogP contribution in [0.1, 0.15) is 44.2 Å². The van der Waals surface area contributed by atoms with Crippen LogP contribution in [-0.4, -0.2) is 26.5 Å². The zero-order valence-electron chi connectivity index (χ0n) is 14.3. The molecule has 0 saturated carbocycles. The van der Waals surface area contributed by atoms with Gasteiger partial charge in [-0.2, -0.15) is 5.26 Å². The molecule has 0 aliphatic rings. The molecule has 0 aliphatic carbocycles. The van der Waals surface area contributed by atoms with Crippen LogP contribution in [0, 0.1) is 16.7 Å². The second kappa shape index (κ2) is 9.29. The summed E-state index contributed by atoms with van der Waals surface area (Å²) in [6.07, 6.45) is 0.177. The summed E-state index contributed by atoms with van der Waals surface area (Å²) in [7, 11) is 1.57. The number of carbonyl (C=O) groups is 1. The Balaban J connectivity index is 3.00. The number of ether oxygens (including phenoxy) is 3. The molecule has 0 amide bonds. The summed E-state index contributed by atoms with van der Waals surface area (Å²) in [6, 6.07) is 10.1. The Kier molecular flexibility index (Phi) is 7.73. The zero-order chi connectivity index (χ0) is 17.3. The van der Waals surface area contributed by atoms with Crippen molar-refractivity contribution in [3.05, 3.63) is 35.4 Å². The Bertz CT molecular complexity index is 548. The van der Waals surface area contributed by atoms with Gasteiger partial charge in [-0.05, 0) is 31.9 Å². The fourth-order valence-electron chi connectivity index (χ4n) is 2.40. The van der Waals surface area contributed by atoms with Crippen molar-refractivity contribution < 1.29 is 19.0 Å². The van der Waals surface area contributed by atoms with Gasteiger partial charge >= 0.3 is 5.97 Å². The van der Waals surface area contributed by atoms with Gasteiger partial charge in [0, 0.05) is 13.0 Å². The summed E-state index contributed by atoms with van der Waals surface area (Å²) in [5, 5.41) is 9.47. The number of nitrogens with zero attached hydrogens (tertiary/aromatic N) is 1. The lowest BCUT2D eigenvalue weighted by atomic mass is 9.74. The van der Waals surface area contributed by atoms with E-state index in [2.05, 4.69) is 6.07 Å². The normalized spacial score (nSPS) is 12.5. The topological polar surface area (TPSA) is 68.6 Å². The maximum Gasteiger partial charge on any atom is 0.306 e. The van der Waals surface area contributed by atoms with Crippen LogP contribution in [0.5, 0.6) is 0 Å². The molecule has 5 nitrogen and oxygen atoms in total. The summed E-state index contributed by atoms with van der Waals surface area (Å²) in [5.74, 6) is -0.532. The molecule has 23 heavy (non-hydrogen) atoms. The van der Waals surface area contributed by atoms with Crippen LogP contribution in [0.4, 0.5) is 0 Å². The lowest BCUT2D eigenvalue weighted by Crippen LogP contribution is -2.24. The van der Waals surface area contributed by atoms with E-state index in [9.17, 15) is 10.1 Å². The Labute approximate surface area is 138 Å². The number of rotatable bonds is 9. The van der Waals surface area contributed by atoms with Crippen LogP contribution in [0.15, 0.2) is 24.3 Å². The summed E-state index contributed by atoms with van der Waals surface area (Å²) < 4.78 is 15.3. The molecule has 0 fully saturated rings. The number of carbonyl (C=O) groups excluding carboxylic acids is 1. The van der Waals surface area contributed by atoms with Gasteiger partial charge in [0.05, 0.1) is 31.1 Å². The third-order valence-electron chi connectivity index (χ3n) is 3.66. The van der Waals surface area contributed by atoms with Gasteiger partial charge in [0.25, 0.3) is 0 Å². The minimum Gasteiger partial charge on any atom is -0.466 e. The van der Waals surface area contributed by atoms with Crippen molar-refractivity contribution in [3.63, 3.8) is 0 Å². The molecule has 0 saturated heterocycles. The molecule has 0 radical (unpaired) electrons. The molecule has 126 valence electrons. The van der Waals surface area contributed by atoms with Crippen LogP contribution >= 0.6 is 0 Å². The van der Waals surface area contributed by atoms with Crippen molar-refractivity contribution in [1.82, 2.24) is 0 Å². The Morgan fingerprint density at radius 1 is 1.39 bits per heavy atom. The van der Waals surface area contributed by atoms with Gasteiger partial charge in [-0.25, -0.2) is 0 Å². The summed E-state index contributed by atoms with van der Waals surface area (Å²) >= 11 is 0. The molecule has 0 bridgehead atoms. The van der Waals surface area contributed by atoms with Crippen LogP contribution in [0.3, 0.4) is 0 Å². The highest BCUT2D eigenvalue weighted by Gasteiger charge is 2.33. The molecule has 1 rings (SSSR count). The van der Waals surface area contributed by atoms with E-state index in [0.717, 1.165) is 11.1 Å². The lowest BCUT2D eigenvalue weighted by Gasteiger charge is -2.28. The van der Waals surface area contributed by atoms with Gasteiger partial charge in [-0.3, -0.25) is 4.79 Å². The number of hydrogen-bond acceptors (Lipinski definition) is 5. The average Bonchev–Trinajstić information content (AvgIpc) is 2.53. The summed E-state index contributed by atoms with van der Waals surface area (Å²) in [5.41, 5.74) is 1.23. The SMILES string of the molecule is CCOC(=O)CC(c1cccc(COCOC)c1)C(C)(C)C#N. The number of esters is 1. The van der Waals surface area contributed by atoms with Crippen molar-refractivity contribution in [1.29, 1.82) is 5.26 Å². The lowest BCUT2D eigenvalue weighted by molar-refractivity contribution is -0.144. The van der Waals surface area contributed by atoms with Crippen molar-refractivity contribution in [2.75, 3.05) is 20.5 Å². The molecule has 0 heterocycles. The predicted octanol–water partition coefficient (Wildman–Crippen LogP) is 3.39. The third-order valence-corrected chi connectivity index (χ3v) is 3.66. The molecule has 1 unspecified atom stereocenters. The van der Waals surface area contributed by atoms with E-state index in [-0.39, 0.29) is 25.1 Å². The first kappa shape index (κ1) is 19.1. The third kappa shape index (κ3) is 6.01. The molecule has 1 aromatic rings. The Hall–Kier alpha value is -1.90. The van der Waals surface area contributed by atoms with Gasteiger partial charge in [-0.15, -0.1) is 0 Å². The van der Waals surface area contributed by atoms with E-state index >= 15 is 0 Å². The van der Waals surface area contributed by atoms with Gasteiger partial charge < -0.3 is 14.2 Å². The van der Waals surface area contributed by atoms with Crippen molar-refractivity contribution >= 4 is 5.97 Å². The Morgan fingerprint density at radius 3 is 2.74 bits per heavy atom. The van der Waals surface area contributed by atoms with E-state index in [0.29, 0.717) is 13.2 Å². The standard InChI is InChI=1S/C18H25NO4/c1-5-23-17(20)10-16(18(2,3)12-19)15-8-6-7-14(9-15)11-22-13-21-4/h6-9,16H,5,10-11,13H2,1-4H3. The molecule has 0 N–H and O–H groups in total. The molecule has 0 aromatic heterocycles. The molecular weight excluding hydrogens is 294 g/mol. The van der Waals surface area contributed by atoms with E-state index < -0.39 is 5.41 Å². The summed E-state index contributed by atoms with van der Waals surface area (Å²) in [4.78, 5) is 11.9. The minimum atomic E-state index is -0.682. The molecule has 1 atom stereocenters. The zero-order valence-corrected chi connectivity index (χ0v) is 14.3. The first-order valence-electron chi connectivity index (χ1n) is 7.67. The van der Waals surface area contributed by atoms with Crippen molar-refractivity contribution in [2.24, 2.45) is 5.41 Å². The summed E-state index contributed by atoms with van der Waals surface area (Å²) in [6.45, 7) is 6.43. The van der Waals surface area contributed by atoms with Gasteiger partial charge in [0.1, 0.15) is 6.79 Å². The first-order chi connectivity index (χ1) is 10.9. The fourth-order valence-corrected chi connectivity index (χ4v) is 2.40. The highest BCUT2D eigenvalue weighted by atomic mass is 16.7. The highest BCUT2D eigenvalue weighted by Crippen LogP contribution is 2.38. The van der Waals surface area contributed by atoms with Crippen LogP contribution in [0.2, 0.25) is 0 Å². The quantitative estimate of drug-likeness (QED) is 0.396. The average molecular weight is 319 g/mol. The number of nitriles is 1. The van der Waals surface area contributed by atoms with Crippen molar-refractivity contribution in [3.8, 4) is 6.07 Å². The predicted molar refractivity (Wildman–Crippen MR) is 86.5 cm³/mol. The first-order valence-corrected chi connectivity index (χ1v) is 7.67. The molecule has 5 heteroatoms. The van der Waals surface area contributed by atoms with Gasteiger partial charge in [0.15, 0.2) is 0 Å². The number of hydrogen-bond donors (Lipinski definition) is 0. The molecule has 0 aliphatic heterocycles. The smallest absolute Gasteiger partial charge is 0.306 e. The van der Waals surface area contributed by atoms with Gasteiger partial charge in [-0.1, -0.05) is 24.3 Å². The van der Waals surface area contributed by atoms with E-state index in [1.165, 1.54) is 0 Å². The van der Waals surface area contributed by atoms with Crippen molar-refractivity contribution in [2.45, 2.75) is 39.7 Å². The molecule has 0 spiro atoms. The second-order valence-electron chi connectivity index (χ2n) is 5.90. The largest absolute Gasteiger partial charge is 0.466 e. The molecular formula is C18H25NO4.